The van der Waals surface area contributed by atoms with Crippen molar-refractivity contribution in [2.45, 2.75) is 44.6 Å². The van der Waals surface area contributed by atoms with Crippen molar-refractivity contribution in [1.82, 2.24) is 5.32 Å². The van der Waals surface area contributed by atoms with E-state index in [9.17, 15) is 9.59 Å². The van der Waals surface area contributed by atoms with Crippen molar-refractivity contribution in [3.05, 3.63) is 65.7 Å². The first-order chi connectivity index (χ1) is 13.1. The predicted molar refractivity (Wildman–Crippen MR) is 107 cm³/mol. The molecule has 4 heteroatoms. The number of amides is 2. The molecule has 1 fully saturated rings. The van der Waals surface area contributed by atoms with E-state index in [0.29, 0.717) is 0 Å². The van der Waals surface area contributed by atoms with E-state index in [0.717, 1.165) is 48.4 Å². The maximum atomic E-state index is 13.2. The average Bonchev–Trinajstić information content (AvgIpc) is 2.96. The first-order valence-electron chi connectivity index (χ1n) is 9.88. The van der Waals surface area contributed by atoms with Gasteiger partial charge in [0.15, 0.2) is 0 Å². The minimum Gasteiger partial charge on any atom is -0.352 e. The van der Waals surface area contributed by atoms with Crippen molar-refractivity contribution < 1.29 is 9.59 Å². The molecule has 1 unspecified atom stereocenters. The molecule has 2 aromatic carbocycles. The third kappa shape index (κ3) is 3.61. The van der Waals surface area contributed by atoms with Crippen LogP contribution in [0.4, 0.5) is 5.69 Å². The van der Waals surface area contributed by atoms with Crippen molar-refractivity contribution in [2.75, 3.05) is 11.4 Å². The van der Waals surface area contributed by atoms with Gasteiger partial charge in [0, 0.05) is 11.7 Å². The van der Waals surface area contributed by atoms with E-state index in [1.807, 2.05) is 54.6 Å². The van der Waals surface area contributed by atoms with E-state index in [1.54, 1.807) is 4.90 Å². The summed E-state index contributed by atoms with van der Waals surface area (Å²) in [5.74, 6) is 0.337. The molecule has 0 radical (unpaired) electrons. The summed E-state index contributed by atoms with van der Waals surface area (Å²) in [6.07, 6.45) is 4.38. The van der Waals surface area contributed by atoms with E-state index >= 15 is 0 Å². The van der Waals surface area contributed by atoms with Crippen molar-refractivity contribution in [1.29, 1.82) is 0 Å². The number of hydrogen-bond donors (Lipinski definition) is 1. The Morgan fingerprint density at radius 2 is 1.67 bits per heavy atom. The standard InChI is InChI=1S/C23H26N2O2/c1-16-11-13-18(14-12-16)24-21(26)15-25-20-10-6-5-9-19(20)22(23(25)27)17-7-3-2-4-8-17/h2-10,16,18,22H,11-15H2,1H3,(H,24,26)/t16-,18-,22?. The van der Waals surface area contributed by atoms with Gasteiger partial charge in [-0.25, -0.2) is 0 Å². The molecule has 1 N–H and O–H groups in total. The van der Waals surface area contributed by atoms with Crippen LogP contribution in [0.2, 0.25) is 0 Å². The normalized spacial score (nSPS) is 24.6. The maximum absolute atomic E-state index is 13.2. The number of para-hydroxylation sites is 1. The van der Waals surface area contributed by atoms with E-state index < -0.39 is 0 Å². The maximum Gasteiger partial charge on any atom is 0.240 e. The summed E-state index contributed by atoms with van der Waals surface area (Å²) in [4.78, 5) is 27.5. The van der Waals surface area contributed by atoms with E-state index in [-0.39, 0.29) is 30.3 Å². The zero-order valence-corrected chi connectivity index (χ0v) is 15.7. The van der Waals surface area contributed by atoms with E-state index in [1.165, 1.54) is 0 Å². The van der Waals surface area contributed by atoms with E-state index in [4.69, 9.17) is 0 Å². The third-order valence-electron chi connectivity index (χ3n) is 5.87. The highest BCUT2D eigenvalue weighted by Gasteiger charge is 2.38. The Kier molecular flexibility index (Phi) is 4.97. The zero-order valence-electron chi connectivity index (χ0n) is 15.7. The molecule has 4 nitrogen and oxygen atoms in total. The lowest BCUT2D eigenvalue weighted by molar-refractivity contribution is -0.124. The fourth-order valence-electron chi connectivity index (χ4n) is 4.34. The molecule has 2 amide bonds. The van der Waals surface area contributed by atoms with Gasteiger partial charge in [0.25, 0.3) is 0 Å². The number of carbonyl (C=O) groups is 2. The molecule has 0 bridgehead atoms. The smallest absolute Gasteiger partial charge is 0.240 e. The number of nitrogens with one attached hydrogen (secondary N) is 1. The molecule has 1 saturated carbocycles. The molecule has 1 atom stereocenters. The largest absolute Gasteiger partial charge is 0.352 e. The van der Waals surface area contributed by atoms with Gasteiger partial charge in [0.05, 0.1) is 5.92 Å². The summed E-state index contributed by atoms with van der Waals surface area (Å²) in [6.45, 7) is 2.35. The summed E-state index contributed by atoms with van der Waals surface area (Å²) >= 11 is 0. The van der Waals surface area contributed by atoms with Crippen LogP contribution in [-0.4, -0.2) is 24.4 Å². The van der Waals surface area contributed by atoms with Gasteiger partial charge in [-0.15, -0.1) is 0 Å². The Morgan fingerprint density at radius 1 is 1.00 bits per heavy atom. The van der Waals surface area contributed by atoms with Crippen LogP contribution >= 0.6 is 0 Å². The number of hydrogen-bond acceptors (Lipinski definition) is 2. The zero-order chi connectivity index (χ0) is 18.8. The van der Waals surface area contributed by atoms with Crippen LogP contribution in [0.1, 0.15) is 49.7 Å². The van der Waals surface area contributed by atoms with Gasteiger partial charge in [-0.2, -0.15) is 0 Å². The highest BCUT2D eigenvalue weighted by molar-refractivity contribution is 6.09. The quantitative estimate of drug-likeness (QED) is 0.898. The second-order valence-corrected chi connectivity index (χ2v) is 7.85. The molecular weight excluding hydrogens is 336 g/mol. The van der Waals surface area contributed by atoms with Gasteiger partial charge >= 0.3 is 0 Å². The van der Waals surface area contributed by atoms with Gasteiger partial charge < -0.3 is 10.2 Å². The van der Waals surface area contributed by atoms with Crippen molar-refractivity contribution in [3.8, 4) is 0 Å². The minimum absolute atomic E-state index is 0.0187. The minimum atomic E-state index is -0.328. The summed E-state index contributed by atoms with van der Waals surface area (Å²) in [7, 11) is 0. The Balaban J connectivity index is 1.51. The molecular formula is C23H26N2O2. The number of anilines is 1. The molecule has 27 heavy (non-hydrogen) atoms. The average molecular weight is 362 g/mol. The molecule has 4 rings (SSSR count). The number of fused-ring (bicyclic) bond motifs is 1. The van der Waals surface area contributed by atoms with Gasteiger partial charge in [-0.05, 0) is 48.8 Å². The van der Waals surface area contributed by atoms with Gasteiger partial charge in [0.1, 0.15) is 6.54 Å². The Morgan fingerprint density at radius 3 is 2.41 bits per heavy atom. The summed E-state index contributed by atoms with van der Waals surface area (Å²) < 4.78 is 0. The lowest BCUT2D eigenvalue weighted by Crippen LogP contribution is -2.44. The van der Waals surface area contributed by atoms with Crippen molar-refractivity contribution >= 4 is 17.5 Å². The van der Waals surface area contributed by atoms with Gasteiger partial charge in [-0.3, -0.25) is 9.59 Å². The van der Waals surface area contributed by atoms with Crippen LogP contribution < -0.4 is 10.2 Å². The van der Waals surface area contributed by atoms with Crippen LogP contribution in [-0.2, 0) is 9.59 Å². The molecule has 0 aromatic heterocycles. The number of rotatable bonds is 4. The summed E-state index contributed by atoms with van der Waals surface area (Å²) in [6, 6.07) is 17.9. The highest BCUT2D eigenvalue weighted by atomic mass is 16.2. The lowest BCUT2D eigenvalue weighted by atomic mass is 9.87. The Bertz CT molecular complexity index is 825. The molecule has 0 spiro atoms. The fourth-order valence-corrected chi connectivity index (χ4v) is 4.34. The topological polar surface area (TPSA) is 49.4 Å². The first kappa shape index (κ1) is 17.8. The van der Waals surface area contributed by atoms with Crippen LogP contribution in [0, 0.1) is 5.92 Å². The Hall–Kier alpha value is -2.62. The second kappa shape index (κ2) is 7.55. The molecule has 1 heterocycles. The van der Waals surface area contributed by atoms with Crippen LogP contribution in [0.25, 0.3) is 0 Å². The number of nitrogens with zero attached hydrogens (tertiary/aromatic N) is 1. The lowest BCUT2D eigenvalue weighted by Gasteiger charge is -2.27. The Labute approximate surface area is 160 Å². The first-order valence-corrected chi connectivity index (χ1v) is 9.88. The molecule has 1 aliphatic heterocycles. The SMILES string of the molecule is C[C@H]1CC[C@H](NC(=O)CN2C(=O)C(c3ccccc3)c3ccccc32)CC1. The summed E-state index contributed by atoms with van der Waals surface area (Å²) in [5, 5.41) is 3.14. The molecule has 1 aliphatic carbocycles. The number of benzene rings is 2. The fraction of sp³-hybridized carbons (Fsp3) is 0.391. The highest BCUT2D eigenvalue weighted by Crippen LogP contribution is 2.40. The molecule has 2 aliphatic rings. The van der Waals surface area contributed by atoms with Gasteiger partial charge in [0.2, 0.25) is 11.8 Å². The predicted octanol–water partition coefficient (Wildman–Crippen LogP) is 3.86. The molecule has 2 aromatic rings. The second-order valence-electron chi connectivity index (χ2n) is 7.85. The van der Waals surface area contributed by atoms with Crippen LogP contribution in [0.15, 0.2) is 54.6 Å². The van der Waals surface area contributed by atoms with Crippen LogP contribution in [0.5, 0.6) is 0 Å². The van der Waals surface area contributed by atoms with Crippen molar-refractivity contribution in [3.63, 3.8) is 0 Å². The third-order valence-corrected chi connectivity index (χ3v) is 5.87. The monoisotopic (exact) mass is 362 g/mol. The molecule has 0 saturated heterocycles. The van der Waals surface area contributed by atoms with Crippen LogP contribution in [0.3, 0.4) is 0 Å². The van der Waals surface area contributed by atoms with Gasteiger partial charge in [-0.1, -0.05) is 55.5 Å². The molecule has 140 valence electrons. The van der Waals surface area contributed by atoms with E-state index in [2.05, 4.69) is 12.2 Å². The van der Waals surface area contributed by atoms with Crippen molar-refractivity contribution in [2.24, 2.45) is 5.92 Å². The number of carbonyl (C=O) groups excluding carboxylic acids is 2. The summed E-state index contributed by atoms with van der Waals surface area (Å²) in [5.41, 5.74) is 2.80.